The van der Waals surface area contributed by atoms with E-state index < -0.39 is 16.8 Å². The third-order valence-corrected chi connectivity index (χ3v) is 0. The van der Waals surface area contributed by atoms with Gasteiger partial charge in [-0.1, -0.05) is 0 Å². The molecule has 0 heterocycles. The summed E-state index contributed by atoms with van der Waals surface area (Å²) in [4.78, 5) is 0. The van der Waals surface area contributed by atoms with Gasteiger partial charge in [-0.2, -0.15) is 0 Å². The van der Waals surface area contributed by atoms with Crippen molar-refractivity contribution in [2.75, 3.05) is 0 Å². The van der Waals surface area contributed by atoms with E-state index in [2.05, 4.69) is 0 Å². The van der Waals surface area contributed by atoms with Crippen molar-refractivity contribution in [1.82, 2.24) is 0 Å². The Labute approximate surface area is 151 Å². The predicted octanol–water partition coefficient (Wildman–Crippen LogP) is -5.85. The molecule has 12 heavy (non-hydrogen) atoms. The molecule has 0 rings (SSSR count). The van der Waals surface area contributed by atoms with E-state index in [0.717, 1.165) is 0 Å². The maximum atomic E-state index is 9.69. The first-order valence-corrected chi connectivity index (χ1v) is 2.76. The molecule has 0 saturated carbocycles. The minimum absolute atomic E-state index is 0. The van der Waals surface area contributed by atoms with Crippen molar-refractivity contribution in [2.45, 2.75) is 6.43 Å². The van der Waals surface area contributed by atoms with Crippen molar-refractivity contribution in [1.29, 1.82) is 0 Å². The molecule has 0 aliphatic heterocycles. The molecule has 0 spiro atoms. The van der Waals surface area contributed by atoms with Crippen molar-refractivity contribution >= 4 is 10.4 Å². The van der Waals surface area contributed by atoms with Gasteiger partial charge in [0.25, 0.3) is 0 Å². The van der Waals surface area contributed by atoms with Crippen LogP contribution in [-0.4, -0.2) is 24.0 Å². The van der Waals surface area contributed by atoms with Crippen LogP contribution in [0.25, 0.3) is 0 Å². The third-order valence-electron chi connectivity index (χ3n) is 0. The number of hydrogen-bond donors (Lipinski definition) is 0. The largest absolute Gasteiger partial charge is 1.00 e. The van der Waals surface area contributed by atoms with Gasteiger partial charge in [-0.25, -0.2) is 0 Å². The summed E-state index contributed by atoms with van der Waals surface area (Å²) in [7, 11) is -5.17. The van der Waals surface area contributed by atoms with Crippen molar-refractivity contribution in [2.24, 2.45) is 0 Å². The molecule has 0 aromatic heterocycles. The summed E-state index contributed by atoms with van der Waals surface area (Å²) in [5.41, 5.74) is 0. The monoisotopic (exact) mass is 262 g/mol. The van der Waals surface area contributed by atoms with E-state index in [1.54, 1.807) is 0 Å². The normalized spacial score (nSPS) is 9.83. The summed E-state index contributed by atoms with van der Waals surface area (Å²) in [6.07, 6.45) is -5.50. The van der Waals surface area contributed by atoms with Crippen LogP contribution in [0.4, 0.5) is 17.6 Å². The van der Waals surface area contributed by atoms with Gasteiger partial charge < -0.3 is 9.11 Å². The molecule has 0 aromatic rings. The predicted molar refractivity (Wildman–Crippen MR) is 17.6 cm³/mol. The Bertz CT molecular complexity index is 160. The number of hydrogen-bond acceptors (Lipinski definition) is 4. The van der Waals surface area contributed by atoms with E-state index in [1.165, 1.54) is 0 Å². The van der Waals surface area contributed by atoms with Gasteiger partial charge in [-0.05, 0) is 0 Å². The molecule has 0 fully saturated rings. The van der Waals surface area contributed by atoms with E-state index >= 15 is 0 Å². The second-order valence-corrected chi connectivity index (χ2v) is 1.65. The zero-order valence-electron chi connectivity index (χ0n) is 6.05. The standard InChI is InChI=1S/CF4.2K.H2O4S/c2-1(3,4)5;;;1-5(2,3)4/h;;;(H2,1,2,3,4)/q;2*+1;/p-2. The Morgan fingerprint density at radius 1 is 0.917 bits per heavy atom. The van der Waals surface area contributed by atoms with Crippen LogP contribution in [0.3, 0.4) is 0 Å². The maximum absolute atomic E-state index is 9.69. The fraction of sp³-hybridized carbons (Fsp3) is 1.00. The quantitative estimate of drug-likeness (QED) is 0.188. The smallest absolute Gasteiger partial charge is 0.759 e. The molecule has 0 radical (unpaired) electrons. The zero-order chi connectivity index (χ0) is 9.00. The Morgan fingerprint density at radius 3 is 0.917 bits per heavy atom. The second kappa shape index (κ2) is 10.4. The fourth-order valence-electron chi connectivity index (χ4n) is 0. The molecule has 0 unspecified atom stereocenters. The van der Waals surface area contributed by atoms with Crippen molar-refractivity contribution < 1.29 is 138 Å². The van der Waals surface area contributed by atoms with Crippen LogP contribution in [0, 0.1) is 0 Å². The third kappa shape index (κ3) is 221. The van der Waals surface area contributed by atoms with Gasteiger partial charge in [-0.3, -0.25) is 8.42 Å². The van der Waals surface area contributed by atoms with Crippen molar-refractivity contribution in [3.8, 4) is 0 Å². The van der Waals surface area contributed by atoms with Crippen LogP contribution < -0.4 is 103 Å². The number of halogens is 4. The summed E-state index contributed by atoms with van der Waals surface area (Å²) in [6.45, 7) is 0. The molecule has 0 bridgehead atoms. The molecule has 0 saturated heterocycles. The van der Waals surface area contributed by atoms with E-state index in [9.17, 15) is 17.6 Å². The molecule has 11 heteroatoms. The van der Waals surface area contributed by atoms with Crippen LogP contribution in [0.1, 0.15) is 0 Å². The van der Waals surface area contributed by atoms with Gasteiger partial charge in [0, 0.05) is 10.4 Å². The number of rotatable bonds is 0. The molecule has 0 N–H and O–H groups in total. The summed E-state index contributed by atoms with van der Waals surface area (Å²) in [6, 6.07) is 0. The molecule has 0 aromatic carbocycles. The fourth-order valence-corrected chi connectivity index (χ4v) is 0. The zero-order valence-corrected chi connectivity index (χ0v) is 13.1. The van der Waals surface area contributed by atoms with E-state index in [-0.39, 0.29) is 103 Å². The Kier molecular flexibility index (Phi) is 20.9. The van der Waals surface area contributed by atoms with E-state index in [0.29, 0.717) is 0 Å². The summed E-state index contributed by atoms with van der Waals surface area (Å²) >= 11 is 0. The average molecular weight is 262 g/mol. The first-order valence-electron chi connectivity index (χ1n) is 1.42. The maximum Gasteiger partial charge on any atom is 1.00 e. The van der Waals surface area contributed by atoms with Crippen molar-refractivity contribution in [3.05, 3.63) is 0 Å². The Morgan fingerprint density at radius 2 is 0.917 bits per heavy atom. The minimum Gasteiger partial charge on any atom is -0.759 e. The van der Waals surface area contributed by atoms with Crippen molar-refractivity contribution in [3.63, 3.8) is 0 Å². The second-order valence-electron chi connectivity index (χ2n) is 0.837. The molecular weight excluding hydrogens is 262 g/mol. The van der Waals surface area contributed by atoms with Gasteiger partial charge in [0.1, 0.15) is 0 Å². The first-order chi connectivity index (χ1) is 4.00. The van der Waals surface area contributed by atoms with Crippen LogP contribution in [0.15, 0.2) is 0 Å². The topological polar surface area (TPSA) is 80.3 Å². The molecule has 0 aliphatic carbocycles. The van der Waals surface area contributed by atoms with Crippen LogP contribution in [0.5, 0.6) is 0 Å². The molecular formula is CF4K2O4S. The Balaban J connectivity index is -0.0000000457. The van der Waals surface area contributed by atoms with E-state index in [4.69, 9.17) is 17.5 Å². The summed E-state index contributed by atoms with van der Waals surface area (Å²) < 4.78 is 72.8. The summed E-state index contributed by atoms with van der Waals surface area (Å²) in [5.74, 6) is 0. The van der Waals surface area contributed by atoms with Gasteiger partial charge in [0.15, 0.2) is 0 Å². The number of alkyl halides is 4. The van der Waals surface area contributed by atoms with Gasteiger partial charge in [0.05, 0.1) is 0 Å². The SMILES string of the molecule is FC(F)(F)F.O=S(=O)([O-])[O-].[K+].[K+]. The van der Waals surface area contributed by atoms with Crippen LogP contribution >= 0.6 is 0 Å². The molecule has 0 amide bonds. The Hall–Kier alpha value is 2.86. The molecule has 64 valence electrons. The van der Waals surface area contributed by atoms with Crippen LogP contribution in [0.2, 0.25) is 0 Å². The van der Waals surface area contributed by atoms with E-state index in [1.807, 2.05) is 0 Å². The average Bonchev–Trinajstić information content (AvgIpc) is 1.12. The van der Waals surface area contributed by atoms with Gasteiger partial charge >= 0.3 is 109 Å². The summed E-state index contributed by atoms with van der Waals surface area (Å²) in [5, 5.41) is 0. The minimum atomic E-state index is -5.50. The molecule has 0 atom stereocenters. The molecule has 4 nitrogen and oxygen atoms in total. The molecule has 0 aliphatic rings. The van der Waals surface area contributed by atoms with Gasteiger partial charge in [0.2, 0.25) is 0 Å². The first kappa shape index (κ1) is 24.2. The van der Waals surface area contributed by atoms with Crippen LogP contribution in [-0.2, 0) is 10.4 Å². The van der Waals surface area contributed by atoms with Gasteiger partial charge in [-0.15, -0.1) is 17.6 Å².